The fraction of sp³-hybridized carbons (Fsp3) is 0.333. The highest BCUT2D eigenvalue weighted by atomic mass is 16.6. The van der Waals surface area contributed by atoms with Crippen molar-refractivity contribution in [2.45, 2.75) is 38.9 Å². The Labute approximate surface area is 175 Å². The second-order valence-corrected chi connectivity index (χ2v) is 6.83. The fourth-order valence-electron chi connectivity index (χ4n) is 3.45. The Balaban J connectivity index is 2.25. The van der Waals surface area contributed by atoms with Gasteiger partial charge in [-0.3, -0.25) is 0 Å². The predicted molar refractivity (Wildman–Crippen MR) is 115 cm³/mol. The molecule has 6 heteroatoms. The predicted octanol–water partition coefficient (Wildman–Crippen LogP) is 4.65. The highest BCUT2D eigenvalue weighted by Crippen LogP contribution is 2.43. The van der Waals surface area contributed by atoms with Crippen molar-refractivity contribution >= 4 is 33.5 Å². The van der Waals surface area contributed by atoms with Gasteiger partial charge in [0, 0.05) is 21.5 Å². The topological polar surface area (TPSA) is 71.1 Å². The summed E-state index contributed by atoms with van der Waals surface area (Å²) in [6.07, 6.45) is -0.527. The Kier molecular flexibility index (Phi) is 6.77. The maximum absolute atomic E-state index is 12.2. The van der Waals surface area contributed by atoms with E-state index in [0.29, 0.717) is 24.3 Å². The lowest BCUT2D eigenvalue weighted by atomic mass is 10.00. The zero-order valence-corrected chi connectivity index (χ0v) is 17.6. The Morgan fingerprint density at radius 2 is 0.967 bits per heavy atom. The Hall–Kier alpha value is -3.28. The van der Waals surface area contributed by atoms with Crippen LogP contribution in [0.25, 0.3) is 21.5 Å². The standard InChI is InChI=1S/C24H26O6/c1-5-19(23(25)27-3)29-21-15-11-7-9-13-17(15)22(18-14-10-8-12-16(18)21)30-20(6-2)24(26)28-4/h7-14,19-20H,5-6H2,1-4H3. The molecule has 3 rings (SSSR count). The first-order valence-corrected chi connectivity index (χ1v) is 9.98. The number of carbonyl (C=O) groups is 2. The van der Waals surface area contributed by atoms with Crippen LogP contribution in [0.1, 0.15) is 26.7 Å². The van der Waals surface area contributed by atoms with Gasteiger partial charge < -0.3 is 18.9 Å². The van der Waals surface area contributed by atoms with Gasteiger partial charge in [-0.15, -0.1) is 0 Å². The molecule has 0 saturated carbocycles. The van der Waals surface area contributed by atoms with Crippen molar-refractivity contribution in [1.82, 2.24) is 0 Å². The fourth-order valence-corrected chi connectivity index (χ4v) is 3.45. The summed E-state index contributed by atoms with van der Waals surface area (Å²) >= 11 is 0. The molecule has 0 radical (unpaired) electrons. The molecule has 2 unspecified atom stereocenters. The van der Waals surface area contributed by atoms with Crippen molar-refractivity contribution in [2.24, 2.45) is 0 Å². The van der Waals surface area contributed by atoms with E-state index in [0.717, 1.165) is 21.5 Å². The molecule has 0 N–H and O–H groups in total. The van der Waals surface area contributed by atoms with E-state index in [9.17, 15) is 9.59 Å². The molecule has 0 aromatic heterocycles. The van der Waals surface area contributed by atoms with Gasteiger partial charge in [-0.05, 0) is 12.8 Å². The van der Waals surface area contributed by atoms with Gasteiger partial charge in [0.05, 0.1) is 14.2 Å². The lowest BCUT2D eigenvalue weighted by Gasteiger charge is -2.22. The molecule has 0 heterocycles. The largest absolute Gasteiger partial charge is 0.477 e. The maximum Gasteiger partial charge on any atom is 0.347 e. The average Bonchev–Trinajstić information content (AvgIpc) is 2.80. The molecule has 6 nitrogen and oxygen atoms in total. The molecule has 3 aromatic rings. The zero-order valence-electron chi connectivity index (χ0n) is 17.6. The van der Waals surface area contributed by atoms with E-state index >= 15 is 0 Å². The lowest BCUT2D eigenvalue weighted by Crippen LogP contribution is -2.28. The Bertz CT molecular complexity index is 917. The monoisotopic (exact) mass is 410 g/mol. The van der Waals surface area contributed by atoms with E-state index < -0.39 is 24.1 Å². The molecule has 0 bridgehead atoms. The number of esters is 2. The van der Waals surface area contributed by atoms with Gasteiger partial charge in [0.1, 0.15) is 11.5 Å². The summed E-state index contributed by atoms with van der Waals surface area (Å²) in [5.41, 5.74) is 0. The maximum atomic E-state index is 12.2. The number of carbonyl (C=O) groups excluding carboxylic acids is 2. The highest BCUT2D eigenvalue weighted by molar-refractivity contribution is 6.11. The summed E-state index contributed by atoms with van der Waals surface area (Å²) in [4.78, 5) is 24.3. The lowest BCUT2D eigenvalue weighted by molar-refractivity contribution is -0.149. The van der Waals surface area contributed by atoms with Crippen LogP contribution in [-0.4, -0.2) is 38.4 Å². The van der Waals surface area contributed by atoms with Crippen molar-refractivity contribution < 1.29 is 28.5 Å². The molecule has 30 heavy (non-hydrogen) atoms. The van der Waals surface area contributed by atoms with Gasteiger partial charge in [0.2, 0.25) is 0 Å². The third-order valence-corrected chi connectivity index (χ3v) is 5.02. The van der Waals surface area contributed by atoms with Gasteiger partial charge in [-0.1, -0.05) is 62.4 Å². The number of benzene rings is 3. The molecular weight excluding hydrogens is 384 g/mol. The van der Waals surface area contributed by atoms with Crippen molar-refractivity contribution in [3.05, 3.63) is 48.5 Å². The molecule has 0 fully saturated rings. The number of methoxy groups -OCH3 is 2. The summed E-state index contributed by atoms with van der Waals surface area (Å²) in [7, 11) is 2.69. The van der Waals surface area contributed by atoms with Crippen LogP contribution in [0.4, 0.5) is 0 Å². The summed E-state index contributed by atoms with van der Waals surface area (Å²) in [6.45, 7) is 3.73. The van der Waals surface area contributed by atoms with Crippen molar-refractivity contribution in [1.29, 1.82) is 0 Å². The summed E-state index contributed by atoms with van der Waals surface area (Å²) in [5.74, 6) is 0.305. The van der Waals surface area contributed by atoms with Crippen LogP contribution in [0.2, 0.25) is 0 Å². The van der Waals surface area contributed by atoms with Gasteiger partial charge in [0.15, 0.2) is 12.2 Å². The van der Waals surface area contributed by atoms with Gasteiger partial charge in [-0.2, -0.15) is 0 Å². The third kappa shape index (κ3) is 4.03. The number of hydrogen-bond acceptors (Lipinski definition) is 6. The number of fused-ring (bicyclic) bond motifs is 2. The molecule has 2 atom stereocenters. The normalized spacial score (nSPS) is 12.9. The van der Waals surface area contributed by atoms with E-state index in [-0.39, 0.29) is 0 Å². The molecule has 0 spiro atoms. The third-order valence-electron chi connectivity index (χ3n) is 5.02. The molecule has 3 aromatic carbocycles. The van der Waals surface area contributed by atoms with Crippen LogP contribution in [0, 0.1) is 0 Å². The summed E-state index contributed by atoms with van der Waals surface area (Å²) in [6, 6.07) is 15.2. The van der Waals surface area contributed by atoms with E-state index in [1.54, 1.807) is 0 Å². The van der Waals surface area contributed by atoms with E-state index in [1.807, 2.05) is 62.4 Å². The van der Waals surface area contributed by atoms with Crippen LogP contribution in [-0.2, 0) is 19.1 Å². The highest BCUT2D eigenvalue weighted by Gasteiger charge is 2.25. The summed E-state index contributed by atoms with van der Waals surface area (Å²) < 4.78 is 22.1. The first kappa shape index (κ1) is 21.4. The minimum atomic E-state index is -0.730. The van der Waals surface area contributed by atoms with Gasteiger partial charge >= 0.3 is 11.9 Å². The smallest absolute Gasteiger partial charge is 0.347 e. The quantitative estimate of drug-likeness (QED) is 0.398. The minimum absolute atomic E-state index is 0.428. The number of hydrogen-bond donors (Lipinski definition) is 0. The first-order valence-electron chi connectivity index (χ1n) is 9.98. The van der Waals surface area contributed by atoms with Gasteiger partial charge in [0.25, 0.3) is 0 Å². The molecule has 0 aliphatic heterocycles. The number of rotatable bonds is 8. The molecule has 0 saturated heterocycles. The van der Waals surface area contributed by atoms with Crippen LogP contribution >= 0.6 is 0 Å². The molecule has 0 aliphatic carbocycles. The molecule has 0 amide bonds. The second kappa shape index (κ2) is 9.48. The zero-order chi connectivity index (χ0) is 21.7. The SMILES string of the molecule is CCC(Oc1c2ccccc2c(OC(CC)C(=O)OC)c2ccccc12)C(=O)OC. The van der Waals surface area contributed by atoms with E-state index in [4.69, 9.17) is 18.9 Å². The van der Waals surface area contributed by atoms with Crippen LogP contribution in [0.3, 0.4) is 0 Å². The van der Waals surface area contributed by atoms with Crippen molar-refractivity contribution in [3.63, 3.8) is 0 Å². The van der Waals surface area contributed by atoms with Crippen LogP contribution < -0.4 is 9.47 Å². The molecular formula is C24H26O6. The minimum Gasteiger partial charge on any atom is -0.477 e. The van der Waals surface area contributed by atoms with E-state index in [2.05, 4.69) is 0 Å². The van der Waals surface area contributed by atoms with Crippen LogP contribution in [0.15, 0.2) is 48.5 Å². The molecule has 158 valence electrons. The van der Waals surface area contributed by atoms with Crippen LogP contribution in [0.5, 0.6) is 11.5 Å². The average molecular weight is 410 g/mol. The summed E-state index contributed by atoms with van der Waals surface area (Å²) in [5, 5.41) is 3.14. The van der Waals surface area contributed by atoms with E-state index in [1.165, 1.54) is 14.2 Å². The Morgan fingerprint density at radius 3 is 1.20 bits per heavy atom. The van der Waals surface area contributed by atoms with Crippen molar-refractivity contribution in [2.75, 3.05) is 14.2 Å². The molecule has 0 aliphatic rings. The first-order chi connectivity index (χ1) is 14.5. The number of ether oxygens (including phenoxy) is 4. The second-order valence-electron chi connectivity index (χ2n) is 6.83. The van der Waals surface area contributed by atoms with Crippen molar-refractivity contribution in [3.8, 4) is 11.5 Å². The van der Waals surface area contributed by atoms with Gasteiger partial charge in [-0.25, -0.2) is 9.59 Å². The Morgan fingerprint density at radius 1 is 0.667 bits per heavy atom.